The SMILES string of the molecule is Cc1ccc(C2=[N+](Cc3ccccc3)[C@H](c3ccc4c(c3)OCO4)[C@@](C(=O)[O-])(c3ccc4c(c3)OCO4)N2Cc2ccccc2)cc1. The quantitative estimate of drug-likeness (QED) is 0.216. The van der Waals surface area contributed by atoms with Crippen LogP contribution in [0.2, 0.25) is 0 Å². The van der Waals surface area contributed by atoms with Crippen molar-refractivity contribution in [1.82, 2.24) is 4.90 Å². The molecule has 0 unspecified atom stereocenters. The van der Waals surface area contributed by atoms with Gasteiger partial charge in [0.25, 0.3) is 5.84 Å². The Labute approximate surface area is 272 Å². The van der Waals surface area contributed by atoms with Crippen molar-refractivity contribution in [3.8, 4) is 23.0 Å². The van der Waals surface area contributed by atoms with E-state index in [0.717, 1.165) is 33.7 Å². The maximum atomic E-state index is 14.4. The van der Waals surface area contributed by atoms with Crippen LogP contribution in [-0.2, 0) is 23.4 Å². The van der Waals surface area contributed by atoms with Crippen LogP contribution < -0.4 is 24.1 Å². The van der Waals surface area contributed by atoms with Crippen LogP contribution in [0.15, 0.2) is 121 Å². The van der Waals surface area contributed by atoms with Crippen molar-refractivity contribution >= 4 is 11.8 Å². The van der Waals surface area contributed by atoms with E-state index >= 15 is 0 Å². The summed E-state index contributed by atoms with van der Waals surface area (Å²) in [7, 11) is 0. The summed E-state index contributed by atoms with van der Waals surface area (Å²) in [6.07, 6.45) is 0. The molecule has 234 valence electrons. The van der Waals surface area contributed by atoms with E-state index in [2.05, 4.69) is 41.0 Å². The summed E-state index contributed by atoms with van der Waals surface area (Å²) < 4.78 is 25.2. The third kappa shape index (κ3) is 4.84. The lowest BCUT2D eigenvalue weighted by atomic mass is 9.78. The highest BCUT2D eigenvalue weighted by atomic mass is 16.7. The summed E-state index contributed by atoms with van der Waals surface area (Å²) in [5.41, 5.74) is 3.49. The van der Waals surface area contributed by atoms with E-state index in [1.807, 2.05) is 84.6 Å². The van der Waals surface area contributed by atoms with Gasteiger partial charge in [0.15, 0.2) is 29.0 Å². The molecule has 0 amide bonds. The predicted octanol–water partition coefficient (Wildman–Crippen LogP) is 5.31. The molecular weight excluding hydrogens is 592 g/mol. The van der Waals surface area contributed by atoms with Crippen molar-refractivity contribution in [2.24, 2.45) is 0 Å². The highest BCUT2D eigenvalue weighted by Crippen LogP contribution is 2.52. The zero-order valence-electron chi connectivity index (χ0n) is 25.8. The van der Waals surface area contributed by atoms with Crippen LogP contribution >= 0.6 is 0 Å². The van der Waals surface area contributed by atoms with Gasteiger partial charge in [-0.2, -0.15) is 0 Å². The molecule has 0 bridgehead atoms. The Kier molecular flexibility index (Phi) is 7.05. The van der Waals surface area contributed by atoms with E-state index in [-0.39, 0.29) is 13.6 Å². The van der Waals surface area contributed by atoms with Crippen molar-refractivity contribution < 1.29 is 33.4 Å². The molecule has 8 rings (SSSR count). The van der Waals surface area contributed by atoms with Crippen molar-refractivity contribution in [3.05, 3.63) is 155 Å². The fourth-order valence-corrected chi connectivity index (χ4v) is 7.05. The van der Waals surface area contributed by atoms with Gasteiger partial charge in [-0.1, -0.05) is 84.4 Å². The molecule has 0 aromatic heterocycles. The first kappa shape index (κ1) is 28.7. The summed E-state index contributed by atoms with van der Waals surface area (Å²) in [6, 6.07) is 38.5. The topological polar surface area (TPSA) is 83.3 Å². The van der Waals surface area contributed by atoms with Gasteiger partial charge >= 0.3 is 0 Å². The maximum absolute atomic E-state index is 14.4. The van der Waals surface area contributed by atoms with Crippen LogP contribution in [0, 0.1) is 6.92 Å². The molecule has 3 aliphatic heterocycles. The first-order valence-electron chi connectivity index (χ1n) is 15.6. The lowest BCUT2D eigenvalue weighted by Crippen LogP contribution is -2.59. The smallest absolute Gasteiger partial charge is 0.281 e. The van der Waals surface area contributed by atoms with Crippen molar-refractivity contribution in [3.63, 3.8) is 0 Å². The van der Waals surface area contributed by atoms with Crippen molar-refractivity contribution in [2.75, 3.05) is 13.6 Å². The molecule has 47 heavy (non-hydrogen) atoms. The highest BCUT2D eigenvalue weighted by molar-refractivity contribution is 6.01. The molecule has 8 nitrogen and oxygen atoms in total. The number of carboxylic acid groups (broad SMARTS) is 1. The third-order valence-electron chi connectivity index (χ3n) is 9.19. The number of aryl methyl sites for hydroxylation is 1. The fraction of sp³-hybridized carbons (Fsp3) is 0.179. The summed E-state index contributed by atoms with van der Waals surface area (Å²) in [5.74, 6) is 1.77. The number of nitrogens with zero attached hydrogens (tertiary/aromatic N) is 2. The second-order valence-corrected chi connectivity index (χ2v) is 12.0. The van der Waals surface area contributed by atoms with Gasteiger partial charge in [-0.15, -0.1) is 0 Å². The minimum atomic E-state index is -1.74. The van der Waals surface area contributed by atoms with Gasteiger partial charge in [-0.25, -0.2) is 9.48 Å². The molecule has 2 atom stereocenters. The van der Waals surface area contributed by atoms with Gasteiger partial charge in [-0.05, 0) is 60.5 Å². The van der Waals surface area contributed by atoms with E-state index in [4.69, 9.17) is 18.9 Å². The molecule has 0 saturated carbocycles. The standard InChI is InChI=1S/C39H32N2O6/c1-26-12-14-29(15-13-26)37-40(22-27-8-4-2-5-9-27)36(30-16-18-32-34(20-30)46-24-44-32)39(38(42)43,41(37)23-28-10-6-3-7-11-28)31-17-19-33-35(21-31)47-25-45-33/h2-21,36H,22-25H2,1H3/t36-,39-/m1/s1. The maximum Gasteiger partial charge on any atom is 0.281 e. The Morgan fingerprint density at radius 3 is 2.00 bits per heavy atom. The van der Waals surface area contributed by atoms with E-state index < -0.39 is 17.6 Å². The summed E-state index contributed by atoms with van der Waals surface area (Å²) in [5, 5.41) is 14.4. The minimum absolute atomic E-state index is 0.0668. The second-order valence-electron chi connectivity index (χ2n) is 12.0. The summed E-state index contributed by atoms with van der Waals surface area (Å²) in [6.45, 7) is 2.93. The lowest BCUT2D eigenvalue weighted by Gasteiger charge is -2.39. The molecule has 8 heteroatoms. The Morgan fingerprint density at radius 1 is 0.745 bits per heavy atom. The normalized spacial score (nSPS) is 19.3. The van der Waals surface area contributed by atoms with E-state index in [1.54, 1.807) is 12.1 Å². The Hall–Kier alpha value is -5.76. The number of carbonyl (C=O) groups is 1. The van der Waals surface area contributed by atoms with Crippen molar-refractivity contribution in [2.45, 2.75) is 31.6 Å². The van der Waals surface area contributed by atoms with Crippen LogP contribution in [-0.4, -0.2) is 34.9 Å². The number of amidine groups is 1. The number of fused-ring (bicyclic) bond motifs is 2. The third-order valence-corrected chi connectivity index (χ3v) is 9.19. The largest absolute Gasteiger partial charge is 0.545 e. The Morgan fingerprint density at radius 2 is 1.34 bits per heavy atom. The lowest BCUT2D eigenvalue weighted by molar-refractivity contribution is -0.587. The number of ether oxygens (including phenoxy) is 4. The van der Waals surface area contributed by atoms with Crippen LogP contribution in [0.1, 0.15) is 39.4 Å². The number of hydrogen-bond acceptors (Lipinski definition) is 7. The molecular formula is C39H32N2O6. The van der Waals surface area contributed by atoms with E-state index in [9.17, 15) is 9.90 Å². The van der Waals surface area contributed by atoms with Gasteiger partial charge in [0.2, 0.25) is 19.1 Å². The first-order valence-corrected chi connectivity index (χ1v) is 15.6. The van der Waals surface area contributed by atoms with Gasteiger partial charge < -0.3 is 28.8 Å². The number of rotatable bonds is 8. The van der Waals surface area contributed by atoms with E-state index in [1.165, 1.54) is 0 Å². The van der Waals surface area contributed by atoms with Gasteiger partial charge in [0, 0.05) is 11.1 Å². The highest BCUT2D eigenvalue weighted by Gasteiger charge is 2.63. The molecule has 0 saturated heterocycles. The summed E-state index contributed by atoms with van der Waals surface area (Å²) >= 11 is 0. The molecule has 0 N–H and O–H groups in total. The molecule has 5 aromatic carbocycles. The fourth-order valence-electron chi connectivity index (χ4n) is 7.05. The van der Waals surface area contributed by atoms with Crippen LogP contribution in [0.25, 0.3) is 0 Å². The monoisotopic (exact) mass is 624 g/mol. The summed E-state index contributed by atoms with van der Waals surface area (Å²) in [4.78, 5) is 16.3. The molecule has 0 radical (unpaired) electrons. The Balaban J connectivity index is 1.46. The number of carbonyl (C=O) groups excluding carboxylic acids is 1. The number of aliphatic carboxylic acids is 1. The van der Waals surface area contributed by atoms with Crippen LogP contribution in [0.5, 0.6) is 23.0 Å². The van der Waals surface area contributed by atoms with Gasteiger partial charge in [0.05, 0.1) is 11.5 Å². The van der Waals surface area contributed by atoms with Crippen LogP contribution in [0.4, 0.5) is 0 Å². The molecule has 0 spiro atoms. The van der Waals surface area contributed by atoms with Crippen LogP contribution in [0.3, 0.4) is 0 Å². The molecule has 3 aliphatic rings. The van der Waals surface area contributed by atoms with Gasteiger partial charge in [-0.3, -0.25) is 0 Å². The molecule has 0 fully saturated rings. The zero-order valence-corrected chi connectivity index (χ0v) is 25.8. The Bertz CT molecular complexity index is 1990. The zero-order chi connectivity index (χ0) is 32.0. The average molecular weight is 625 g/mol. The first-order chi connectivity index (χ1) is 23.0. The van der Waals surface area contributed by atoms with Gasteiger partial charge in [0.1, 0.15) is 13.1 Å². The molecule has 3 heterocycles. The minimum Gasteiger partial charge on any atom is -0.545 e. The van der Waals surface area contributed by atoms with E-state index in [0.29, 0.717) is 41.7 Å². The van der Waals surface area contributed by atoms with Crippen molar-refractivity contribution in [1.29, 1.82) is 0 Å². The molecule has 5 aromatic rings. The number of carboxylic acids is 1. The molecule has 0 aliphatic carbocycles. The average Bonchev–Trinajstić information content (AvgIpc) is 3.83. The number of hydrogen-bond donors (Lipinski definition) is 0. The second kappa shape index (κ2) is 11.6. The number of benzene rings is 5. The predicted molar refractivity (Wildman–Crippen MR) is 172 cm³/mol.